The summed E-state index contributed by atoms with van der Waals surface area (Å²) < 4.78 is 26.9. The van der Waals surface area contributed by atoms with Gasteiger partial charge in [-0.25, -0.2) is 13.6 Å². The van der Waals surface area contributed by atoms with Gasteiger partial charge in [0.25, 0.3) is 5.91 Å². The second kappa shape index (κ2) is 8.43. The normalized spacial score (nSPS) is 18.0. The Bertz CT molecular complexity index is 982. The first-order valence-electron chi connectivity index (χ1n) is 9.60. The summed E-state index contributed by atoms with van der Waals surface area (Å²) in [6, 6.07) is 9.47. The third kappa shape index (κ3) is 4.11. The van der Waals surface area contributed by atoms with Gasteiger partial charge in [0.2, 0.25) is 0 Å². The number of hydrogen-bond donors (Lipinski definition) is 1. The lowest BCUT2D eigenvalue weighted by Crippen LogP contribution is -2.54. The van der Waals surface area contributed by atoms with E-state index in [4.69, 9.17) is 11.6 Å². The van der Waals surface area contributed by atoms with E-state index in [0.717, 1.165) is 5.75 Å². The highest BCUT2D eigenvalue weighted by Crippen LogP contribution is 2.44. The molecule has 2 aliphatic rings. The molecule has 0 aliphatic carbocycles. The van der Waals surface area contributed by atoms with Crippen molar-refractivity contribution in [2.75, 3.05) is 30.7 Å². The maximum Gasteiger partial charge on any atom is 0.321 e. The molecule has 2 saturated heterocycles. The minimum atomic E-state index is -0.545. The Labute approximate surface area is 182 Å². The molecule has 2 fully saturated rings. The zero-order valence-electron chi connectivity index (χ0n) is 16.0. The molecule has 0 saturated carbocycles. The van der Waals surface area contributed by atoms with Gasteiger partial charge >= 0.3 is 6.03 Å². The van der Waals surface area contributed by atoms with Crippen LogP contribution in [0, 0.1) is 11.6 Å². The standard InChI is InChI=1S/C21H20ClF2N3O2S/c22-17-13-16(4-5-18(17)24)25-20(29)26-8-6-21(7-9-26)27(10-11-30-21)19(28)14-2-1-3-15(23)12-14/h1-5,12-13H,6-11H2,(H,25,29). The van der Waals surface area contributed by atoms with Gasteiger partial charge in [-0.3, -0.25) is 4.79 Å². The highest BCUT2D eigenvalue weighted by Gasteiger charge is 2.47. The Balaban J connectivity index is 1.41. The second-order valence-electron chi connectivity index (χ2n) is 7.31. The number of thioether (sulfide) groups is 1. The number of nitrogens with one attached hydrogen (secondary N) is 1. The summed E-state index contributed by atoms with van der Waals surface area (Å²) in [5.41, 5.74) is 0.759. The Morgan fingerprint density at radius 2 is 1.83 bits per heavy atom. The molecule has 2 aromatic carbocycles. The number of nitrogens with zero attached hydrogens (tertiary/aromatic N) is 2. The number of carbonyl (C=O) groups is 2. The number of likely N-dealkylation sites (tertiary alicyclic amines) is 1. The van der Waals surface area contributed by atoms with E-state index in [1.165, 1.54) is 36.4 Å². The largest absolute Gasteiger partial charge is 0.324 e. The molecule has 9 heteroatoms. The summed E-state index contributed by atoms with van der Waals surface area (Å²) in [5.74, 6) is -0.357. The molecule has 0 unspecified atom stereocenters. The van der Waals surface area contributed by atoms with E-state index in [1.54, 1.807) is 22.7 Å². The smallest absolute Gasteiger partial charge is 0.321 e. The molecule has 2 heterocycles. The molecule has 5 nitrogen and oxygen atoms in total. The summed E-state index contributed by atoms with van der Waals surface area (Å²) >= 11 is 7.48. The Kier molecular flexibility index (Phi) is 5.88. The predicted octanol–water partition coefficient (Wildman–Crippen LogP) is 4.83. The van der Waals surface area contributed by atoms with Crippen molar-refractivity contribution < 1.29 is 18.4 Å². The molecular formula is C21H20ClF2N3O2S. The van der Waals surface area contributed by atoms with Crippen LogP contribution in [-0.4, -0.2) is 52.0 Å². The van der Waals surface area contributed by atoms with Gasteiger partial charge in [0.15, 0.2) is 0 Å². The molecule has 0 aromatic heterocycles. The van der Waals surface area contributed by atoms with Crippen molar-refractivity contribution in [3.8, 4) is 0 Å². The number of anilines is 1. The second-order valence-corrected chi connectivity index (χ2v) is 9.17. The van der Waals surface area contributed by atoms with Crippen LogP contribution in [0.25, 0.3) is 0 Å². The van der Waals surface area contributed by atoms with E-state index in [1.807, 2.05) is 4.90 Å². The van der Waals surface area contributed by atoms with Crippen molar-refractivity contribution >= 4 is 41.0 Å². The van der Waals surface area contributed by atoms with Crippen LogP contribution in [0.1, 0.15) is 23.2 Å². The molecule has 30 heavy (non-hydrogen) atoms. The zero-order chi connectivity index (χ0) is 21.3. The van der Waals surface area contributed by atoms with Crippen LogP contribution in [0.4, 0.5) is 19.3 Å². The Morgan fingerprint density at radius 1 is 1.07 bits per heavy atom. The van der Waals surface area contributed by atoms with Crippen LogP contribution in [0.5, 0.6) is 0 Å². The number of amides is 3. The van der Waals surface area contributed by atoms with Crippen LogP contribution >= 0.6 is 23.4 Å². The number of halogens is 3. The van der Waals surface area contributed by atoms with E-state index in [2.05, 4.69) is 5.32 Å². The number of rotatable bonds is 2. The molecule has 3 amide bonds. The number of benzene rings is 2. The maximum atomic E-state index is 13.6. The number of hydrogen-bond acceptors (Lipinski definition) is 3. The van der Waals surface area contributed by atoms with Crippen molar-refractivity contribution in [2.45, 2.75) is 17.7 Å². The SMILES string of the molecule is O=C(Nc1ccc(F)c(Cl)c1)N1CCC2(CC1)SCCN2C(=O)c1cccc(F)c1. The summed E-state index contributed by atoms with van der Waals surface area (Å²) in [4.78, 5) is 28.7. The van der Waals surface area contributed by atoms with E-state index in [9.17, 15) is 18.4 Å². The van der Waals surface area contributed by atoms with Gasteiger partial charge < -0.3 is 15.1 Å². The van der Waals surface area contributed by atoms with Gasteiger partial charge in [0.1, 0.15) is 11.6 Å². The third-order valence-electron chi connectivity index (χ3n) is 5.50. The minimum Gasteiger partial charge on any atom is -0.324 e. The number of piperidine rings is 1. The molecule has 4 rings (SSSR count). The average Bonchev–Trinajstić information content (AvgIpc) is 3.13. The van der Waals surface area contributed by atoms with E-state index < -0.39 is 11.6 Å². The van der Waals surface area contributed by atoms with E-state index >= 15 is 0 Å². The summed E-state index contributed by atoms with van der Waals surface area (Å²) in [6.07, 6.45) is 1.24. The van der Waals surface area contributed by atoms with Gasteiger partial charge in [-0.2, -0.15) is 0 Å². The van der Waals surface area contributed by atoms with Crippen LogP contribution in [0.2, 0.25) is 5.02 Å². The molecule has 1 spiro atoms. The van der Waals surface area contributed by atoms with Crippen LogP contribution < -0.4 is 5.32 Å². The zero-order valence-corrected chi connectivity index (χ0v) is 17.6. The fourth-order valence-electron chi connectivity index (χ4n) is 3.92. The van der Waals surface area contributed by atoms with Crippen molar-refractivity contribution in [1.29, 1.82) is 0 Å². The molecule has 158 valence electrons. The summed E-state index contributed by atoms with van der Waals surface area (Å²) in [5, 5.41) is 2.68. The molecule has 0 atom stereocenters. The Morgan fingerprint density at radius 3 is 2.53 bits per heavy atom. The van der Waals surface area contributed by atoms with Gasteiger partial charge in [-0.05, 0) is 49.2 Å². The van der Waals surface area contributed by atoms with E-state index in [0.29, 0.717) is 43.7 Å². The molecule has 2 aliphatic heterocycles. The summed E-state index contributed by atoms with van der Waals surface area (Å²) in [6.45, 7) is 1.54. The minimum absolute atomic E-state index is 0.0562. The van der Waals surface area contributed by atoms with Gasteiger partial charge in [0.05, 0.1) is 9.89 Å². The first kappa shape index (κ1) is 20.9. The lowest BCUT2D eigenvalue weighted by molar-refractivity contribution is 0.0585. The van der Waals surface area contributed by atoms with Crippen LogP contribution in [0.3, 0.4) is 0 Å². The predicted molar refractivity (Wildman–Crippen MR) is 114 cm³/mol. The van der Waals surface area contributed by atoms with Crippen molar-refractivity contribution in [3.63, 3.8) is 0 Å². The quantitative estimate of drug-likeness (QED) is 0.711. The first-order valence-corrected chi connectivity index (χ1v) is 11.0. The molecule has 1 N–H and O–H groups in total. The topological polar surface area (TPSA) is 52.7 Å². The van der Waals surface area contributed by atoms with Gasteiger partial charge in [0, 0.05) is 36.6 Å². The molecule has 0 radical (unpaired) electrons. The van der Waals surface area contributed by atoms with Crippen molar-refractivity contribution in [1.82, 2.24) is 9.80 Å². The van der Waals surface area contributed by atoms with Gasteiger partial charge in [-0.1, -0.05) is 17.7 Å². The molecule has 2 aromatic rings. The summed E-state index contributed by atoms with van der Waals surface area (Å²) in [7, 11) is 0. The highest BCUT2D eigenvalue weighted by molar-refractivity contribution is 8.00. The maximum absolute atomic E-state index is 13.6. The highest BCUT2D eigenvalue weighted by atomic mass is 35.5. The monoisotopic (exact) mass is 451 g/mol. The van der Waals surface area contributed by atoms with Crippen molar-refractivity contribution in [2.24, 2.45) is 0 Å². The third-order valence-corrected chi connectivity index (χ3v) is 7.34. The fourth-order valence-corrected chi connectivity index (χ4v) is 5.56. The van der Waals surface area contributed by atoms with Gasteiger partial charge in [-0.15, -0.1) is 11.8 Å². The molecule has 0 bridgehead atoms. The average molecular weight is 452 g/mol. The lowest BCUT2D eigenvalue weighted by Gasteiger charge is -2.44. The number of carbonyl (C=O) groups excluding carboxylic acids is 2. The van der Waals surface area contributed by atoms with E-state index in [-0.39, 0.29) is 21.8 Å². The Hall–Kier alpha value is -2.32. The van der Waals surface area contributed by atoms with Crippen LogP contribution in [0.15, 0.2) is 42.5 Å². The fraction of sp³-hybridized carbons (Fsp3) is 0.333. The first-order chi connectivity index (χ1) is 14.4. The van der Waals surface area contributed by atoms with Crippen molar-refractivity contribution in [3.05, 3.63) is 64.7 Å². The lowest BCUT2D eigenvalue weighted by atomic mass is 10.0. The molecular weight excluding hydrogens is 432 g/mol. The number of urea groups is 1. The van der Waals surface area contributed by atoms with Crippen LogP contribution in [-0.2, 0) is 0 Å².